The molecule has 10 heteroatoms. The zero-order chi connectivity index (χ0) is 17.8. The molecule has 0 saturated heterocycles. The zero-order valence-electron chi connectivity index (χ0n) is 14.1. The number of anilines is 1. The number of amides is 1. The van der Waals surface area contributed by atoms with Crippen LogP contribution in [0.15, 0.2) is 22.1 Å². The number of nitrogens with zero attached hydrogens (tertiary/aromatic N) is 5. The number of thiophene rings is 1. The second kappa shape index (κ2) is 8.07. The van der Waals surface area contributed by atoms with E-state index in [1.54, 1.807) is 16.8 Å². The molecule has 3 aromatic rings. The Morgan fingerprint density at radius 3 is 2.80 bits per heavy atom. The van der Waals surface area contributed by atoms with Crippen molar-refractivity contribution in [3.63, 3.8) is 0 Å². The van der Waals surface area contributed by atoms with Gasteiger partial charge in [-0.2, -0.15) is 0 Å². The van der Waals surface area contributed by atoms with Crippen LogP contribution >= 0.6 is 34.4 Å². The predicted octanol–water partition coefficient (Wildman–Crippen LogP) is 3.73. The summed E-state index contributed by atoms with van der Waals surface area (Å²) in [4.78, 5) is 13.3. The lowest BCUT2D eigenvalue weighted by molar-refractivity contribution is -0.113. The van der Waals surface area contributed by atoms with Gasteiger partial charge in [0, 0.05) is 22.4 Å². The third-order valence-electron chi connectivity index (χ3n) is 3.42. The molecular weight excluding hydrogens is 376 g/mol. The molecule has 3 heterocycles. The van der Waals surface area contributed by atoms with Gasteiger partial charge < -0.3 is 4.57 Å². The van der Waals surface area contributed by atoms with Gasteiger partial charge in [-0.3, -0.25) is 10.1 Å². The molecule has 3 rings (SSSR count). The number of carbonyl (C=O) groups excluding carboxylic acids is 1. The predicted molar refractivity (Wildman–Crippen MR) is 102 cm³/mol. The SMILES string of the molecule is CCn1c(SCC(=O)Nc2nncs2)nnc1-c1csc(C(C)C)c1. The molecule has 0 aliphatic carbocycles. The van der Waals surface area contributed by atoms with Crippen LogP contribution in [0.5, 0.6) is 0 Å². The second-order valence-electron chi connectivity index (χ2n) is 5.52. The van der Waals surface area contributed by atoms with E-state index < -0.39 is 0 Å². The van der Waals surface area contributed by atoms with E-state index in [2.05, 4.69) is 51.0 Å². The van der Waals surface area contributed by atoms with E-state index >= 15 is 0 Å². The van der Waals surface area contributed by atoms with Gasteiger partial charge in [-0.25, -0.2) is 0 Å². The van der Waals surface area contributed by atoms with Crippen LogP contribution in [-0.4, -0.2) is 36.6 Å². The molecule has 3 aromatic heterocycles. The molecule has 1 N–H and O–H groups in total. The Hall–Kier alpha value is -1.78. The van der Waals surface area contributed by atoms with Crippen LogP contribution in [0.3, 0.4) is 0 Å². The van der Waals surface area contributed by atoms with E-state index in [-0.39, 0.29) is 11.7 Å². The van der Waals surface area contributed by atoms with Crippen molar-refractivity contribution in [3.05, 3.63) is 21.8 Å². The maximum atomic E-state index is 12.0. The molecule has 0 aromatic carbocycles. The van der Waals surface area contributed by atoms with Crippen molar-refractivity contribution in [2.45, 2.75) is 38.4 Å². The van der Waals surface area contributed by atoms with E-state index in [4.69, 9.17) is 0 Å². The number of hydrogen-bond acceptors (Lipinski definition) is 8. The summed E-state index contributed by atoms with van der Waals surface area (Å²) in [7, 11) is 0. The van der Waals surface area contributed by atoms with Crippen molar-refractivity contribution in [1.29, 1.82) is 0 Å². The molecule has 0 atom stereocenters. The molecule has 0 unspecified atom stereocenters. The molecule has 7 nitrogen and oxygen atoms in total. The highest BCUT2D eigenvalue weighted by molar-refractivity contribution is 7.99. The third kappa shape index (κ3) is 4.25. The van der Waals surface area contributed by atoms with Crippen molar-refractivity contribution in [1.82, 2.24) is 25.0 Å². The number of aromatic nitrogens is 5. The first-order valence-corrected chi connectivity index (χ1v) is 10.5. The molecule has 0 aliphatic heterocycles. The van der Waals surface area contributed by atoms with Gasteiger partial charge in [-0.05, 0) is 18.9 Å². The summed E-state index contributed by atoms with van der Waals surface area (Å²) in [5.74, 6) is 1.46. The van der Waals surface area contributed by atoms with Crippen LogP contribution in [0.25, 0.3) is 11.4 Å². The van der Waals surface area contributed by atoms with Gasteiger partial charge in [0.15, 0.2) is 11.0 Å². The zero-order valence-corrected chi connectivity index (χ0v) is 16.5. The minimum atomic E-state index is -0.133. The Bertz CT molecular complexity index is 839. The molecule has 0 saturated carbocycles. The molecule has 132 valence electrons. The molecule has 0 fully saturated rings. The van der Waals surface area contributed by atoms with Crippen LogP contribution in [0, 0.1) is 0 Å². The second-order valence-corrected chi connectivity index (χ2v) is 8.24. The Morgan fingerprint density at radius 1 is 1.32 bits per heavy atom. The molecule has 0 spiro atoms. The summed E-state index contributed by atoms with van der Waals surface area (Å²) in [6, 6.07) is 2.17. The van der Waals surface area contributed by atoms with Gasteiger partial charge in [-0.1, -0.05) is 36.9 Å². The summed E-state index contributed by atoms with van der Waals surface area (Å²) in [6.07, 6.45) is 0. The third-order valence-corrected chi connectivity index (χ3v) is 6.23. The van der Waals surface area contributed by atoms with E-state index in [9.17, 15) is 4.79 Å². The quantitative estimate of drug-likeness (QED) is 0.615. The average molecular weight is 395 g/mol. The Balaban J connectivity index is 1.70. The van der Waals surface area contributed by atoms with Gasteiger partial charge in [0.1, 0.15) is 5.51 Å². The van der Waals surface area contributed by atoms with Crippen molar-refractivity contribution in [2.75, 3.05) is 11.1 Å². The first-order chi connectivity index (χ1) is 12.1. The summed E-state index contributed by atoms with van der Waals surface area (Å²) in [5, 5.41) is 22.2. The van der Waals surface area contributed by atoms with Crippen molar-refractivity contribution in [3.8, 4) is 11.4 Å². The lowest BCUT2D eigenvalue weighted by atomic mass is 10.1. The number of nitrogens with one attached hydrogen (secondary N) is 1. The van der Waals surface area contributed by atoms with Crippen LogP contribution in [0.1, 0.15) is 31.6 Å². The summed E-state index contributed by atoms with van der Waals surface area (Å²) < 4.78 is 2.04. The number of hydrogen-bond donors (Lipinski definition) is 1. The van der Waals surface area contributed by atoms with Crippen molar-refractivity contribution >= 4 is 45.5 Å². The van der Waals surface area contributed by atoms with Gasteiger partial charge in [0.25, 0.3) is 0 Å². The lowest BCUT2D eigenvalue weighted by Crippen LogP contribution is -2.14. The smallest absolute Gasteiger partial charge is 0.236 e. The minimum Gasteiger partial charge on any atom is -0.302 e. The molecule has 25 heavy (non-hydrogen) atoms. The number of carbonyl (C=O) groups is 1. The highest BCUT2D eigenvalue weighted by Crippen LogP contribution is 2.31. The van der Waals surface area contributed by atoms with Gasteiger partial charge in [0.2, 0.25) is 11.0 Å². The van der Waals surface area contributed by atoms with E-state index in [0.29, 0.717) is 11.0 Å². The maximum absolute atomic E-state index is 12.0. The van der Waals surface area contributed by atoms with Gasteiger partial charge in [0.05, 0.1) is 5.75 Å². The summed E-state index contributed by atoms with van der Waals surface area (Å²) >= 11 is 4.40. The number of thioether (sulfide) groups is 1. The molecule has 1 amide bonds. The fourth-order valence-electron chi connectivity index (χ4n) is 2.18. The monoisotopic (exact) mass is 394 g/mol. The first kappa shape index (κ1) is 18.0. The van der Waals surface area contributed by atoms with E-state index in [1.165, 1.54) is 28.0 Å². The fraction of sp³-hybridized carbons (Fsp3) is 0.400. The Labute approximate surface area is 157 Å². The largest absolute Gasteiger partial charge is 0.302 e. The van der Waals surface area contributed by atoms with Gasteiger partial charge >= 0.3 is 0 Å². The molecule has 0 aliphatic rings. The Kier molecular flexibility index (Phi) is 5.82. The first-order valence-electron chi connectivity index (χ1n) is 7.79. The summed E-state index contributed by atoms with van der Waals surface area (Å²) in [5.41, 5.74) is 2.66. The van der Waals surface area contributed by atoms with Crippen molar-refractivity contribution in [2.24, 2.45) is 0 Å². The minimum absolute atomic E-state index is 0.133. The maximum Gasteiger partial charge on any atom is 0.236 e. The van der Waals surface area contributed by atoms with Crippen molar-refractivity contribution < 1.29 is 4.79 Å². The van der Waals surface area contributed by atoms with Crippen LogP contribution in [0.2, 0.25) is 0 Å². The van der Waals surface area contributed by atoms with E-state index in [1.807, 2.05) is 11.5 Å². The van der Waals surface area contributed by atoms with E-state index in [0.717, 1.165) is 23.1 Å². The Morgan fingerprint density at radius 2 is 2.16 bits per heavy atom. The standard InChI is InChI=1S/C15H18N6OS3/c1-4-21-13(10-5-11(9(2)3)23-6-10)18-20-15(21)24-7-12(22)17-14-19-16-8-25-14/h5-6,8-9H,4,7H2,1-3H3,(H,17,19,22). The fourth-order valence-corrected chi connectivity index (χ4v) is 4.35. The van der Waals surface area contributed by atoms with Crippen LogP contribution < -0.4 is 5.32 Å². The molecular formula is C15H18N6OS3. The summed E-state index contributed by atoms with van der Waals surface area (Å²) in [6.45, 7) is 7.15. The normalized spacial score (nSPS) is 11.2. The molecule has 0 radical (unpaired) electrons. The average Bonchev–Trinajstić information content (AvgIpc) is 3.32. The highest BCUT2D eigenvalue weighted by atomic mass is 32.2. The number of rotatable bonds is 7. The van der Waals surface area contributed by atoms with Crippen LogP contribution in [-0.2, 0) is 11.3 Å². The van der Waals surface area contributed by atoms with Gasteiger partial charge in [-0.15, -0.1) is 31.7 Å². The highest BCUT2D eigenvalue weighted by Gasteiger charge is 2.16. The molecule has 0 bridgehead atoms. The van der Waals surface area contributed by atoms with Crippen LogP contribution in [0.4, 0.5) is 5.13 Å². The lowest BCUT2D eigenvalue weighted by Gasteiger charge is -2.06. The topological polar surface area (TPSA) is 85.6 Å².